The normalized spacial score (nSPS) is 12.5. The maximum Gasteiger partial charge on any atom is 0.246 e. The number of aryl methyl sites for hydroxylation is 1. The molecule has 0 aromatic carbocycles. The van der Waals surface area contributed by atoms with Crippen LogP contribution in [0.15, 0.2) is 20.1 Å². The summed E-state index contributed by atoms with van der Waals surface area (Å²) in [5.74, 6) is 3.18. The highest BCUT2D eigenvalue weighted by Gasteiger charge is 2.19. The second kappa shape index (κ2) is 6.59. The Labute approximate surface area is 129 Å². The number of oxazole rings is 1. The summed E-state index contributed by atoms with van der Waals surface area (Å²) in [6.45, 7) is 8.86. The fourth-order valence-electron chi connectivity index (χ4n) is 1.69. The minimum atomic E-state index is -0.0546. The maximum atomic E-state index is 5.71. The molecule has 0 atom stereocenters. The fourth-order valence-corrected chi connectivity index (χ4v) is 1.69. The molecule has 2 N–H and O–H groups in total. The molecule has 0 spiro atoms. The molecule has 0 aliphatic heterocycles. The van der Waals surface area contributed by atoms with E-state index in [0.29, 0.717) is 36.7 Å². The minimum absolute atomic E-state index is 0.0546. The summed E-state index contributed by atoms with van der Waals surface area (Å²) in [7, 11) is 1.69. The highest BCUT2D eigenvalue weighted by molar-refractivity contribution is 5.79. The summed E-state index contributed by atoms with van der Waals surface area (Å²) < 4.78 is 10.7. The maximum absolute atomic E-state index is 5.71. The van der Waals surface area contributed by atoms with Gasteiger partial charge >= 0.3 is 0 Å². The average Bonchev–Trinajstić information content (AvgIpc) is 3.07. The van der Waals surface area contributed by atoms with Crippen molar-refractivity contribution in [1.29, 1.82) is 0 Å². The van der Waals surface area contributed by atoms with E-state index in [0.717, 1.165) is 5.76 Å². The molecule has 2 rings (SSSR count). The van der Waals surface area contributed by atoms with E-state index in [2.05, 4.69) is 51.5 Å². The van der Waals surface area contributed by atoms with Crippen LogP contribution < -0.4 is 10.6 Å². The number of aliphatic imine (C=N–C) groups is 1. The number of guanidine groups is 1. The zero-order chi connectivity index (χ0) is 16.2. The van der Waals surface area contributed by atoms with Crippen LogP contribution in [-0.4, -0.2) is 28.1 Å². The molecule has 0 saturated heterocycles. The van der Waals surface area contributed by atoms with Crippen molar-refractivity contribution in [3.05, 3.63) is 29.6 Å². The Kier molecular flexibility index (Phi) is 4.79. The minimum Gasteiger partial charge on any atom is -0.443 e. The predicted octanol–water partition coefficient (Wildman–Crippen LogP) is 1.53. The lowest BCUT2D eigenvalue weighted by molar-refractivity contribution is 0.370. The molecule has 2 heterocycles. The molecule has 0 aliphatic rings. The lowest BCUT2D eigenvalue weighted by Gasteiger charge is -2.13. The van der Waals surface area contributed by atoms with Gasteiger partial charge in [0.25, 0.3) is 0 Å². The summed E-state index contributed by atoms with van der Waals surface area (Å²) in [5.41, 5.74) is -0.0546. The number of nitrogens with one attached hydrogen (secondary N) is 2. The van der Waals surface area contributed by atoms with Crippen LogP contribution in [-0.2, 0) is 18.5 Å². The molecule has 22 heavy (non-hydrogen) atoms. The van der Waals surface area contributed by atoms with Gasteiger partial charge < -0.3 is 19.6 Å². The van der Waals surface area contributed by atoms with Crippen LogP contribution in [0.25, 0.3) is 0 Å². The van der Waals surface area contributed by atoms with Gasteiger partial charge in [0.05, 0.1) is 19.3 Å². The lowest BCUT2D eigenvalue weighted by atomic mass is 9.94. The molecule has 0 bridgehead atoms. The van der Waals surface area contributed by atoms with Gasteiger partial charge in [-0.25, -0.2) is 4.98 Å². The van der Waals surface area contributed by atoms with E-state index in [1.165, 1.54) is 0 Å². The molecular formula is C14H22N6O2. The van der Waals surface area contributed by atoms with Gasteiger partial charge in [0.2, 0.25) is 11.8 Å². The molecule has 0 amide bonds. The number of aromatic nitrogens is 3. The SMILES string of the molecule is CN=C(NCc1nc(C)no1)NCc1ncc(C(C)(C)C)o1. The molecule has 0 radical (unpaired) electrons. The van der Waals surface area contributed by atoms with E-state index in [9.17, 15) is 0 Å². The van der Waals surface area contributed by atoms with Gasteiger partial charge in [0.1, 0.15) is 5.76 Å². The summed E-state index contributed by atoms with van der Waals surface area (Å²) in [6.07, 6.45) is 1.76. The van der Waals surface area contributed by atoms with Crippen LogP contribution in [0, 0.1) is 6.92 Å². The van der Waals surface area contributed by atoms with Crippen molar-refractivity contribution in [3.63, 3.8) is 0 Å². The van der Waals surface area contributed by atoms with E-state index in [1.54, 1.807) is 20.2 Å². The first-order valence-electron chi connectivity index (χ1n) is 7.07. The molecule has 8 nitrogen and oxygen atoms in total. The number of hydrogen-bond acceptors (Lipinski definition) is 6. The first kappa shape index (κ1) is 16.0. The van der Waals surface area contributed by atoms with E-state index < -0.39 is 0 Å². The van der Waals surface area contributed by atoms with Crippen molar-refractivity contribution in [2.45, 2.75) is 46.2 Å². The van der Waals surface area contributed by atoms with Crippen LogP contribution in [0.2, 0.25) is 0 Å². The van der Waals surface area contributed by atoms with Crippen LogP contribution in [0.5, 0.6) is 0 Å². The van der Waals surface area contributed by atoms with Crippen LogP contribution in [0.4, 0.5) is 0 Å². The topological polar surface area (TPSA) is 101 Å². The third-order valence-corrected chi connectivity index (χ3v) is 2.90. The Morgan fingerprint density at radius 1 is 1.23 bits per heavy atom. The smallest absolute Gasteiger partial charge is 0.246 e. The van der Waals surface area contributed by atoms with E-state index in [1.807, 2.05) is 0 Å². The average molecular weight is 306 g/mol. The van der Waals surface area contributed by atoms with Crippen molar-refractivity contribution in [3.8, 4) is 0 Å². The second-order valence-corrected chi connectivity index (χ2v) is 5.88. The van der Waals surface area contributed by atoms with Crippen molar-refractivity contribution >= 4 is 5.96 Å². The Bertz CT molecular complexity index is 638. The molecule has 2 aromatic rings. The first-order valence-corrected chi connectivity index (χ1v) is 7.07. The number of nitrogens with zero attached hydrogens (tertiary/aromatic N) is 4. The zero-order valence-corrected chi connectivity index (χ0v) is 13.6. The molecule has 0 aliphatic carbocycles. The molecule has 8 heteroatoms. The van der Waals surface area contributed by atoms with Crippen LogP contribution in [0.3, 0.4) is 0 Å². The highest BCUT2D eigenvalue weighted by Crippen LogP contribution is 2.22. The van der Waals surface area contributed by atoms with Crippen molar-refractivity contribution < 1.29 is 8.94 Å². The van der Waals surface area contributed by atoms with E-state index in [-0.39, 0.29) is 5.41 Å². The van der Waals surface area contributed by atoms with E-state index in [4.69, 9.17) is 8.94 Å². The third kappa shape index (κ3) is 4.31. The lowest BCUT2D eigenvalue weighted by Crippen LogP contribution is -2.36. The van der Waals surface area contributed by atoms with Gasteiger partial charge in [-0.05, 0) is 6.92 Å². The Hall–Kier alpha value is -2.38. The molecule has 0 fully saturated rings. The molecule has 0 saturated carbocycles. The van der Waals surface area contributed by atoms with Crippen molar-refractivity contribution in [2.75, 3.05) is 7.05 Å². The number of hydrogen-bond donors (Lipinski definition) is 2. The Balaban J connectivity index is 1.85. The Morgan fingerprint density at radius 2 is 1.91 bits per heavy atom. The number of rotatable bonds is 4. The van der Waals surface area contributed by atoms with Crippen molar-refractivity contribution in [2.24, 2.45) is 4.99 Å². The van der Waals surface area contributed by atoms with Gasteiger partial charge in [0, 0.05) is 12.5 Å². The third-order valence-electron chi connectivity index (χ3n) is 2.90. The van der Waals surface area contributed by atoms with Gasteiger partial charge in [0.15, 0.2) is 11.8 Å². The first-order chi connectivity index (χ1) is 10.4. The molecule has 120 valence electrons. The predicted molar refractivity (Wildman–Crippen MR) is 81.3 cm³/mol. The summed E-state index contributed by atoms with van der Waals surface area (Å²) in [6, 6.07) is 0. The highest BCUT2D eigenvalue weighted by atomic mass is 16.5. The summed E-state index contributed by atoms with van der Waals surface area (Å²) >= 11 is 0. The summed E-state index contributed by atoms with van der Waals surface area (Å²) in [5, 5.41) is 9.93. The molecular weight excluding hydrogens is 284 g/mol. The van der Waals surface area contributed by atoms with Gasteiger partial charge in [-0.3, -0.25) is 4.99 Å². The molecule has 2 aromatic heterocycles. The standard InChI is InChI=1S/C14H22N6O2/c1-9-19-12(22-20-9)8-18-13(15-5)17-7-11-16-6-10(21-11)14(2,3)4/h6H,7-8H2,1-5H3,(H2,15,17,18). The Morgan fingerprint density at radius 3 is 2.41 bits per heavy atom. The van der Waals surface area contributed by atoms with Crippen molar-refractivity contribution in [1.82, 2.24) is 25.8 Å². The largest absolute Gasteiger partial charge is 0.443 e. The summed E-state index contributed by atoms with van der Waals surface area (Å²) in [4.78, 5) is 12.5. The second-order valence-electron chi connectivity index (χ2n) is 5.88. The van der Waals surface area contributed by atoms with Gasteiger partial charge in [-0.1, -0.05) is 25.9 Å². The van der Waals surface area contributed by atoms with Gasteiger partial charge in [-0.15, -0.1) is 0 Å². The van der Waals surface area contributed by atoms with E-state index >= 15 is 0 Å². The fraction of sp³-hybridized carbons (Fsp3) is 0.571. The zero-order valence-electron chi connectivity index (χ0n) is 13.6. The quantitative estimate of drug-likeness (QED) is 0.652. The monoisotopic (exact) mass is 306 g/mol. The molecule has 0 unspecified atom stereocenters. The van der Waals surface area contributed by atoms with Crippen LogP contribution >= 0.6 is 0 Å². The van der Waals surface area contributed by atoms with Crippen LogP contribution in [0.1, 0.15) is 44.1 Å². The van der Waals surface area contributed by atoms with Gasteiger partial charge in [-0.2, -0.15) is 4.98 Å².